The number of carbonyl (C=O) groups excluding carboxylic acids is 1. The van der Waals surface area contributed by atoms with E-state index in [-0.39, 0.29) is 18.1 Å². The molecular formula is C26H24ClN3O2. The van der Waals surface area contributed by atoms with Gasteiger partial charge in [0, 0.05) is 12.1 Å². The van der Waals surface area contributed by atoms with E-state index in [4.69, 9.17) is 11.6 Å². The molecule has 0 bridgehead atoms. The van der Waals surface area contributed by atoms with E-state index in [2.05, 4.69) is 10.3 Å². The van der Waals surface area contributed by atoms with E-state index >= 15 is 0 Å². The number of pyridine rings is 1. The van der Waals surface area contributed by atoms with Crippen LogP contribution in [0, 0.1) is 13.8 Å². The number of para-hydroxylation sites is 1. The Labute approximate surface area is 191 Å². The number of benzene rings is 3. The van der Waals surface area contributed by atoms with Crippen LogP contribution in [0.5, 0.6) is 0 Å². The van der Waals surface area contributed by atoms with Crippen LogP contribution < -0.4 is 10.9 Å². The van der Waals surface area contributed by atoms with E-state index in [0.29, 0.717) is 22.8 Å². The van der Waals surface area contributed by atoms with Crippen molar-refractivity contribution in [2.75, 3.05) is 5.32 Å². The van der Waals surface area contributed by atoms with E-state index in [9.17, 15) is 9.59 Å². The van der Waals surface area contributed by atoms with Gasteiger partial charge in [0.2, 0.25) is 0 Å². The number of aromatic nitrogens is 1. The summed E-state index contributed by atoms with van der Waals surface area (Å²) in [6.07, 6.45) is 0. The molecule has 0 saturated carbocycles. The molecule has 6 heteroatoms. The lowest BCUT2D eigenvalue weighted by atomic mass is 10.1. The van der Waals surface area contributed by atoms with Gasteiger partial charge in [-0.1, -0.05) is 65.7 Å². The predicted molar refractivity (Wildman–Crippen MR) is 130 cm³/mol. The van der Waals surface area contributed by atoms with Crippen LogP contribution in [0.4, 0.5) is 10.5 Å². The van der Waals surface area contributed by atoms with Crippen molar-refractivity contribution >= 4 is 34.2 Å². The molecule has 0 aliphatic carbocycles. The Hall–Kier alpha value is -3.57. The number of anilines is 1. The van der Waals surface area contributed by atoms with Gasteiger partial charge in [0.25, 0.3) is 5.56 Å². The topological polar surface area (TPSA) is 65.2 Å². The molecule has 162 valence electrons. The zero-order valence-electron chi connectivity index (χ0n) is 18.0. The number of aryl methyl sites for hydroxylation is 2. The van der Waals surface area contributed by atoms with Crippen molar-refractivity contribution in [3.05, 3.63) is 110 Å². The maximum atomic E-state index is 13.2. The number of amides is 2. The molecule has 4 aromatic rings. The van der Waals surface area contributed by atoms with Crippen LogP contribution in [0.15, 0.2) is 77.6 Å². The normalized spacial score (nSPS) is 10.8. The number of halogens is 1. The number of H-pyrrole nitrogens is 1. The maximum absolute atomic E-state index is 13.2. The predicted octanol–water partition coefficient (Wildman–Crippen LogP) is 6.03. The molecular weight excluding hydrogens is 422 g/mol. The maximum Gasteiger partial charge on any atom is 0.322 e. The lowest BCUT2D eigenvalue weighted by Gasteiger charge is -2.24. The smallest absolute Gasteiger partial charge is 0.321 e. The fourth-order valence-corrected chi connectivity index (χ4v) is 4.00. The van der Waals surface area contributed by atoms with Gasteiger partial charge in [0.15, 0.2) is 0 Å². The van der Waals surface area contributed by atoms with Gasteiger partial charge in [-0.3, -0.25) is 4.79 Å². The van der Waals surface area contributed by atoms with Gasteiger partial charge >= 0.3 is 6.03 Å². The fourth-order valence-electron chi connectivity index (χ4n) is 3.82. The largest absolute Gasteiger partial charge is 0.322 e. The highest BCUT2D eigenvalue weighted by Crippen LogP contribution is 2.22. The summed E-state index contributed by atoms with van der Waals surface area (Å²) in [4.78, 5) is 30.7. The summed E-state index contributed by atoms with van der Waals surface area (Å²) < 4.78 is 0. The van der Waals surface area contributed by atoms with Gasteiger partial charge in [-0.25, -0.2) is 4.79 Å². The number of aromatic amines is 1. The minimum absolute atomic E-state index is 0.156. The average molecular weight is 446 g/mol. The number of fused-ring (bicyclic) bond motifs is 1. The summed E-state index contributed by atoms with van der Waals surface area (Å²) in [5.41, 5.74) is 4.76. The highest BCUT2D eigenvalue weighted by atomic mass is 35.5. The second-order valence-corrected chi connectivity index (χ2v) is 8.33. The van der Waals surface area contributed by atoms with Crippen molar-refractivity contribution in [1.29, 1.82) is 0 Å². The summed E-state index contributed by atoms with van der Waals surface area (Å²) in [6, 6.07) is 22.4. The van der Waals surface area contributed by atoms with Crippen molar-refractivity contribution in [2.45, 2.75) is 26.9 Å². The first-order chi connectivity index (χ1) is 15.4. The molecule has 0 aliphatic heterocycles. The molecule has 2 amide bonds. The van der Waals surface area contributed by atoms with Crippen LogP contribution >= 0.6 is 11.6 Å². The molecule has 1 aromatic heterocycles. The number of carbonyl (C=O) groups is 1. The SMILES string of the molecule is Cc1cc(C)c2[nH]c(=O)c(CN(Cc3ccccc3)C(=O)Nc3ccccc3Cl)cc2c1. The molecule has 0 saturated heterocycles. The Morgan fingerprint density at radius 2 is 1.69 bits per heavy atom. The summed E-state index contributed by atoms with van der Waals surface area (Å²) >= 11 is 6.23. The summed E-state index contributed by atoms with van der Waals surface area (Å²) in [5, 5.41) is 4.27. The van der Waals surface area contributed by atoms with Crippen LogP contribution in [-0.2, 0) is 13.1 Å². The highest BCUT2D eigenvalue weighted by Gasteiger charge is 2.18. The van der Waals surface area contributed by atoms with Crippen molar-refractivity contribution in [3.8, 4) is 0 Å². The molecule has 32 heavy (non-hydrogen) atoms. The second kappa shape index (κ2) is 9.28. The Balaban J connectivity index is 1.68. The Morgan fingerprint density at radius 3 is 2.44 bits per heavy atom. The number of rotatable bonds is 5. The minimum atomic E-state index is -0.332. The third-order valence-corrected chi connectivity index (χ3v) is 5.68. The fraction of sp³-hybridized carbons (Fsp3) is 0.154. The molecule has 0 spiro atoms. The first-order valence-electron chi connectivity index (χ1n) is 10.4. The van der Waals surface area contributed by atoms with Gasteiger partial charge < -0.3 is 15.2 Å². The van der Waals surface area contributed by atoms with Crippen LogP contribution in [0.25, 0.3) is 10.9 Å². The molecule has 0 fully saturated rings. The van der Waals surface area contributed by atoms with E-state index in [1.165, 1.54) is 0 Å². The third kappa shape index (κ3) is 4.84. The van der Waals surface area contributed by atoms with E-state index in [0.717, 1.165) is 27.6 Å². The van der Waals surface area contributed by atoms with Gasteiger partial charge in [0.05, 0.1) is 22.8 Å². The number of nitrogens with one attached hydrogen (secondary N) is 2. The summed E-state index contributed by atoms with van der Waals surface area (Å²) in [6.45, 7) is 4.50. The minimum Gasteiger partial charge on any atom is -0.321 e. The van der Waals surface area contributed by atoms with Crippen LogP contribution in [-0.4, -0.2) is 15.9 Å². The molecule has 1 heterocycles. The number of hydrogen-bond acceptors (Lipinski definition) is 2. The number of urea groups is 1. The monoisotopic (exact) mass is 445 g/mol. The third-order valence-electron chi connectivity index (χ3n) is 5.35. The molecule has 2 N–H and O–H groups in total. The molecule has 5 nitrogen and oxygen atoms in total. The van der Waals surface area contributed by atoms with Gasteiger partial charge in [-0.15, -0.1) is 0 Å². The molecule has 0 unspecified atom stereocenters. The molecule has 0 aliphatic rings. The average Bonchev–Trinajstić information content (AvgIpc) is 2.76. The van der Waals surface area contributed by atoms with Crippen LogP contribution in [0.1, 0.15) is 22.3 Å². The van der Waals surface area contributed by atoms with Gasteiger partial charge in [-0.2, -0.15) is 0 Å². The van der Waals surface area contributed by atoms with Crippen molar-refractivity contribution in [1.82, 2.24) is 9.88 Å². The zero-order chi connectivity index (χ0) is 22.7. The van der Waals surface area contributed by atoms with E-state index in [1.807, 2.05) is 68.4 Å². The van der Waals surface area contributed by atoms with Gasteiger partial charge in [0.1, 0.15) is 0 Å². The first-order valence-corrected chi connectivity index (χ1v) is 10.8. The molecule has 3 aromatic carbocycles. The Morgan fingerprint density at radius 1 is 0.969 bits per heavy atom. The number of hydrogen-bond donors (Lipinski definition) is 2. The summed E-state index contributed by atoms with van der Waals surface area (Å²) in [5.74, 6) is 0. The number of nitrogens with zero attached hydrogens (tertiary/aromatic N) is 1. The second-order valence-electron chi connectivity index (χ2n) is 7.92. The first kappa shape index (κ1) is 21.7. The quantitative estimate of drug-likeness (QED) is 0.393. The van der Waals surface area contributed by atoms with Crippen LogP contribution in [0.2, 0.25) is 5.02 Å². The van der Waals surface area contributed by atoms with Crippen molar-refractivity contribution in [2.24, 2.45) is 0 Å². The van der Waals surface area contributed by atoms with Crippen molar-refractivity contribution in [3.63, 3.8) is 0 Å². The molecule has 0 radical (unpaired) electrons. The van der Waals surface area contributed by atoms with Crippen molar-refractivity contribution < 1.29 is 4.79 Å². The standard InChI is InChI=1S/C26H24ClN3O2/c1-17-12-18(2)24-20(13-17)14-21(25(31)29-24)16-30(15-19-8-4-3-5-9-19)26(32)28-23-11-7-6-10-22(23)27/h3-14H,15-16H2,1-2H3,(H,28,32)(H,29,31). The Kier molecular flexibility index (Phi) is 6.28. The lowest BCUT2D eigenvalue weighted by molar-refractivity contribution is 0.206. The van der Waals surface area contributed by atoms with Crippen LogP contribution in [0.3, 0.4) is 0 Å². The molecule has 0 atom stereocenters. The molecule has 4 rings (SSSR count). The summed E-state index contributed by atoms with van der Waals surface area (Å²) in [7, 11) is 0. The Bertz CT molecular complexity index is 1330. The highest BCUT2D eigenvalue weighted by molar-refractivity contribution is 6.33. The zero-order valence-corrected chi connectivity index (χ0v) is 18.7. The van der Waals surface area contributed by atoms with Gasteiger partial charge in [-0.05, 0) is 54.6 Å². The lowest BCUT2D eigenvalue weighted by Crippen LogP contribution is -2.35. The van der Waals surface area contributed by atoms with E-state index < -0.39 is 0 Å². The van der Waals surface area contributed by atoms with E-state index in [1.54, 1.807) is 23.1 Å².